The predicted molar refractivity (Wildman–Crippen MR) is 99.7 cm³/mol. The van der Waals surface area contributed by atoms with E-state index in [0.717, 1.165) is 35.6 Å². The molecular weight excluding hydrogens is 314 g/mol. The first kappa shape index (κ1) is 16.8. The summed E-state index contributed by atoms with van der Waals surface area (Å²) < 4.78 is 7.53. The van der Waals surface area contributed by atoms with Crippen LogP contribution >= 0.6 is 0 Å². The Balaban J connectivity index is 1.58. The van der Waals surface area contributed by atoms with Gasteiger partial charge in [-0.1, -0.05) is 19.4 Å². The molecule has 25 heavy (non-hydrogen) atoms. The Morgan fingerprint density at radius 3 is 2.88 bits per heavy atom. The van der Waals surface area contributed by atoms with E-state index in [1.807, 2.05) is 53.1 Å². The number of nitrogens with one attached hydrogen (secondary N) is 1. The Morgan fingerprint density at radius 2 is 2.08 bits per heavy atom. The highest BCUT2D eigenvalue weighted by molar-refractivity contribution is 6.01. The van der Waals surface area contributed by atoms with Crippen molar-refractivity contribution in [3.05, 3.63) is 66.6 Å². The van der Waals surface area contributed by atoms with Crippen molar-refractivity contribution in [2.75, 3.05) is 11.9 Å². The van der Waals surface area contributed by atoms with Crippen molar-refractivity contribution in [3.8, 4) is 5.75 Å². The average Bonchev–Trinajstić information content (AvgIpc) is 3.05. The van der Waals surface area contributed by atoms with Gasteiger partial charge < -0.3 is 14.5 Å². The number of nitrogens with zero attached hydrogens (tertiary/aromatic N) is 2. The number of benzene rings is 1. The van der Waals surface area contributed by atoms with Crippen LogP contribution in [0.3, 0.4) is 0 Å². The second-order valence-electron chi connectivity index (χ2n) is 5.66. The molecule has 1 N–H and O–H groups in total. The van der Waals surface area contributed by atoms with Crippen LogP contribution < -0.4 is 10.1 Å². The number of hydrogen-bond donors (Lipinski definition) is 1. The van der Waals surface area contributed by atoms with Crippen molar-refractivity contribution in [2.45, 2.75) is 19.8 Å². The highest BCUT2D eigenvalue weighted by Crippen LogP contribution is 2.16. The first-order valence-electron chi connectivity index (χ1n) is 8.40. The van der Waals surface area contributed by atoms with Crippen LogP contribution in [0, 0.1) is 0 Å². The molecule has 1 aromatic carbocycles. The van der Waals surface area contributed by atoms with E-state index >= 15 is 0 Å². The number of ether oxygens (including phenoxy) is 1. The van der Waals surface area contributed by atoms with Crippen LogP contribution in [0.4, 0.5) is 5.69 Å². The third-order valence-electron chi connectivity index (χ3n) is 3.74. The van der Waals surface area contributed by atoms with Gasteiger partial charge in [0.25, 0.3) is 0 Å². The number of anilines is 1. The number of pyridine rings is 1. The number of amides is 1. The minimum absolute atomic E-state index is 0.189. The number of carbonyl (C=O) groups excluding carboxylic acids is 1. The maximum atomic E-state index is 12.1. The van der Waals surface area contributed by atoms with E-state index in [0.29, 0.717) is 6.61 Å². The van der Waals surface area contributed by atoms with Gasteiger partial charge in [0.15, 0.2) is 0 Å². The zero-order chi connectivity index (χ0) is 17.5. The largest absolute Gasteiger partial charge is 0.494 e. The van der Waals surface area contributed by atoms with Crippen molar-refractivity contribution in [1.82, 2.24) is 9.38 Å². The quantitative estimate of drug-likeness (QED) is 0.521. The molecule has 0 unspecified atom stereocenters. The van der Waals surface area contributed by atoms with Gasteiger partial charge in [0.2, 0.25) is 5.91 Å². The molecule has 0 aliphatic heterocycles. The van der Waals surface area contributed by atoms with Crippen LogP contribution in [0.1, 0.15) is 25.5 Å². The van der Waals surface area contributed by atoms with E-state index < -0.39 is 0 Å². The molecule has 0 saturated heterocycles. The fraction of sp³-hybridized carbons (Fsp3) is 0.200. The Kier molecular flexibility index (Phi) is 5.46. The smallest absolute Gasteiger partial charge is 0.248 e. The summed E-state index contributed by atoms with van der Waals surface area (Å²) in [6.45, 7) is 2.84. The van der Waals surface area contributed by atoms with E-state index in [1.54, 1.807) is 12.3 Å². The molecule has 0 fully saturated rings. The van der Waals surface area contributed by atoms with Crippen molar-refractivity contribution in [1.29, 1.82) is 0 Å². The predicted octanol–water partition coefficient (Wildman–Crippen LogP) is 4.17. The number of rotatable bonds is 7. The van der Waals surface area contributed by atoms with E-state index in [2.05, 4.69) is 17.2 Å². The zero-order valence-corrected chi connectivity index (χ0v) is 14.2. The summed E-state index contributed by atoms with van der Waals surface area (Å²) in [5.41, 5.74) is 2.43. The van der Waals surface area contributed by atoms with Crippen LogP contribution in [0.5, 0.6) is 5.75 Å². The van der Waals surface area contributed by atoms with Gasteiger partial charge in [-0.15, -0.1) is 0 Å². The lowest BCUT2D eigenvalue weighted by Gasteiger charge is -2.06. The summed E-state index contributed by atoms with van der Waals surface area (Å²) >= 11 is 0. The maximum Gasteiger partial charge on any atom is 0.248 e. The second-order valence-corrected chi connectivity index (χ2v) is 5.66. The molecule has 0 radical (unpaired) electrons. The van der Waals surface area contributed by atoms with Gasteiger partial charge in [0, 0.05) is 18.0 Å². The highest BCUT2D eigenvalue weighted by atomic mass is 16.5. The average molecular weight is 335 g/mol. The SMILES string of the molecule is CCCCOc1ccc(NC(=O)/C=C/c2cnc3ccccn23)cc1. The lowest BCUT2D eigenvalue weighted by molar-refractivity contribution is -0.111. The molecule has 0 atom stereocenters. The van der Waals surface area contributed by atoms with Gasteiger partial charge in [-0.2, -0.15) is 0 Å². The van der Waals surface area contributed by atoms with E-state index in [4.69, 9.17) is 4.74 Å². The summed E-state index contributed by atoms with van der Waals surface area (Å²) in [5, 5.41) is 2.84. The number of unbranched alkanes of at least 4 members (excludes halogenated alkanes) is 1. The molecular formula is C20H21N3O2. The fourth-order valence-corrected chi connectivity index (χ4v) is 2.39. The Labute approximate surface area is 147 Å². The minimum atomic E-state index is -0.189. The normalized spacial score (nSPS) is 11.1. The molecule has 0 saturated carbocycles. The first-order chi connectivity index (χ1) is 12.3. The maximum absolute atomic E-state index is 12.1. The molecule has 2 aromatic heterocycles. The minimum Gasteiger partial charge on any atom is -0.494 e. The molecule has 5 heteroatoms. The van der Waals surface area contributed by atoms with Crippen LogP contribution in [0.25, 0.3) is 11.7 Å². The molecule has 0 aliphatic carbocycles. The van der Waals surface area contributed by atoms with Crippen LogP contribution in [0.15, 0.2) is 60.9 Å². The summed E-state index contributed by atoms with van der Waals surface area (Å²) in [7, 11) is 0. The Hall–Kier alpha value is -3.08. The monoisotopic (exact) mass is 335 g/mol. The molecule has 3 rings (SSSR count). The standard InChI is InChI=1S/C20H21N3O2/c1-2-3-14-25-18-10-7-16(8-11-18)22-20(24)12-9-17-15-21-19-6-4-5-13-23(17)19/h4-13,15H,2-3,14H2,1H3,(H,22,24)/b12-9+. The molecule has 1 amide bonds. The van der Waals surface area contributed by atoms with E-state index in [-0.39, 0.29) is 5.91 Å². The fourth-order valence-electron chi connectivity index (χ4n) is 2.39. The van der Waals surface area contributed by atoms with E-state index in [1.165, 1.54) is 6.08 Å². The summed E-state index contributed by atoms with van der Waals surface area (Å²) in [6, 6.07) is 13.2. The van der Waals surface area contributed by atoms with Gasteiger partial charge in [0.1, 0.15) is 11.4 Å². The summed E-state index contributed by atoms with van der Waals surface area (Å²) in [4.78, 5) is 16.4. The molecule has 5 nitrogen and oxygen atoms in total. The third-order valence-corrected chi connectivity index (χ3v) is 3.74. The lowest BCUT2D eigenvalue weighted by atomic mass is 10.3. The lowest BCUT2D eigenvalue weighted by Crippen LogP contribution is -2.07. The first-order valence-corrected chi connectivity index (χ1v) is 8.40. The second kappa shape index (κ2) is 8.15. The topological polar surface area (TPSA) is 55.6 Å². The number of aromatic nitrogens is 2. The van der Waals surface area contributed by atoms with Crippen LogP contribution in [-0.4, -0.2) is 21.9 Å². The van der Waals surface area contributed by atoms with Crippen LogP contribution in [-0.2, 0) is 4.79 Å². The molecule has 0 aliphatic rings. The molecule has 128 valence electrons. The van der Waals surface area contributed by atoms with Crippen molar-refractivity contribution < 1.29 is 9.53 Å². The van der Waals surface area contributed by atoms with Gasteiger partial charge >= 0.3 is 0 Å². The number of carbonyl (C=O) groups is 1. The van der Waals surface area contributed by atoms with Gasteiger partial charge in [-0.05, 0) is 48.9 Å². The molecule has 0 spiro atoms. The van der Waals surface area contributed by atoms with Gasteiger partial charge in [0.05, 0.1) is 18.5 Å². The number of hydrogen-bond acceptors (Lipinski definition) is 3. The Bertz CT molecular complexity index is 866. The van der Waals surface area contributed by atoms with E-state index in [9.17, 15) is 4.79 Å². The zero-order valence-electron chi connectivity index (χ0n) is 14.2. The highest BCUT2D eigenvalue weighted by Gasteiger charge is 2.01. The van der Waals surface area contributed by atoms with Crippen molar-refractivity contribution >= 4 is 23.3 Å². The van der Waals surface area contributed by atoms with Crippen molar-refractivity contribution in [3.63, 3.8) is 0 Å². The molecule has 2 heterocycles. The van der Waals surface area contributed by atoms with Crippen LogP contribution in [0.2, 0.25) is 0 Å². The number of fused-ring (bicyclic) bond motifs is 1. The van der Waals surface area contributed by atoms with Crippen molar-refractivity contribution in [2.24, 2.45) is 0 Å². The summed E-state index contributed by atoms with van der Waals surface area (Å²) in [6.07, 6.45) is 9.04. The molecule has 0 bridgehead atoms. The van der Waals surface area contributed by atoms with Gasteiger partial charge in [-0.3, -0.25) is 4.79 Å². The van der Waals surface area contributed by atoms with Gasteiger partial charge in [-0.25, -0.2) is 4.98 Å². The number of imidazole rings is 1. The summed E-state index contributed by atoms with van der Waals surface area (Å²) in [5.74, 6) is 0.623. The third kappa shape index (κ3) is 4.47. The Morgan fingerprint density at radius 1 is 1.24 bits per heavy atom. The molecule has 3 aromatic rings.